The van der Waals surface area contributed by atoms with E-state index >= 15 is 0 Å². The first-order valence-electron chi connectivity index (χ1n) is 9.20. The Kier molecular flexibility index (Phi) is 4.73. The summed E-state index contributed by atoms with van der Waals surface area (Å²) < 4.78 is 7.08. The second kappa shape index (κ2) is 7.05. The molecule has 2 N–H and O–H groups in total. The Morgan fingerprint density at radius 3 is 2.85 bits per heavy atom. The second-order valence-electron chi connectivity index (χ2n) is 7.04. The number of morpholine rings is 1. The van der Waals surface area contributed by atoms with Gasteiger partial charge in [-0.05, 0) is 25.3 Å². The fourth-order valence-corrected chi connectivity index (χ4v) is 4.92. The van der Waals surface area contributed by atoms with Crippen molar-refractivity contribution in [2.45, 2.75) is 45.3 Å². The quantitative estimate of drug-likeness (QED) is 0.817. The third-order valence-corrected chi connectivity index (χ3v) is 6.45. The van der Waals surface area contributed by atoms with Crippen LogP contribution in [0.4, 0.5) is 0 Å². The SMILES string of the molecule is Cc1c(C(=O)N2CCOC(C(N)=O)C2)sc2nc3n(c(=O)c12)CCCCC3. The van der Waals surface area contributed by atoms with Crippen LogP contribution in [0.5, 0.6) is 0 Å². The number of ether oxygens (including phenoxy) is 1. The Morgan fingerprint density at radius 2 is 2.07 bits per heavy atom. The molecule has 0 aliphatic carbocycles. The van der Waals surface area contributed by atoms with Gasteiger partial charge in [0.15, 0.2) is 6.10 Å². The van der Waals surface area contributed by atoms with E-state index in [1.165, 1.54) is 11.3 Å². The van der Waals surface area contributed by atoms with Crippen molar-refractivity contribution in [3.05, 3.63) is 26.6 Å². The fraction of sp³-hybridized carbons (Fsp3) is 0.556. The Morgan fingerprint density at radius 1 is 1.26 bits per heavy atom. The number of fused-ring (bicyclic) bond motifs is 2. The standard InChI is InChI=1S/C18H22N4O4S/c1-10-13-16(20-12-5-3-2-4-6-22(12)17(13)24)27-14(10)18(25)21-7-8-26-11(9-21)15(19)23/h11H,2-9H2,1H3,(H2,19,23). The van der Waals surface area contributed by atoms with Gasteiger partial charge in [-0.15, -0.1) is 11.3 Å². The summed E-state index contributed by atoms with van der Waals surface area (Å²) in [5, 5.41) is 0.536. The molecule has 4 rings (SSSR count). The molecule has 1 atom stereocenters. The lowest BCUT2D eigenvalue weighted by Crippen LogP contribution is -2.50. The smallest absolute Gasteiger partial charge is 0.264 e. The van der Waals surface area contributed by atoms with Gasteiger partial charge < -0.3 is 15.4 Å². The monoisotopic (exact) mass is 390 g/mol. The molecule has 0 saturated carbocycles. The Balaban J connectivity index is 1.73. The van der Waals surface area contributed by atoms with Crippen LogP contribution in [-0.2, 0) is 22.5 Å². The summed E-state index contributed by atoms with van der Waals surface area (Å²) in [5.41, 5.74) is 5.92. The summed E-state index contributed by atoms with van der Waals surface area (Å²) in [4.78, 5) is 44.8. The Labute approximate surface area is 159 Å². The van der Waals surface area contributed by atoms with Gasteiger partial charge in [-0.1, -0.05) is 6.42 Å². The van der Waals surface area contributed by atoms with Crippen molar-refractivity contribution in [2.75, 3.05) is 19.7 Å². The fourth-order valence-electron chi connectivity index (χ4n) is 3.76. The van der Waals surface area contributed by atoms with Crippen LogP contribution in [0.15, 0.2) is 4.79 Å². The van der Waals surface area contributed by atoms with Gasteiger partial charge in [-0.3, -0.25) is 19.0 Å². The third kappa shape index (κ3) is 3.14. The predicted octanol–water partition coefficient (Wildman–Crippen LogP) is 0.819. The van der Waals surface area contributed by atoms with Crippen molar-refractivity contribution in [3.63, 3.8) is 0 Å². The van der Waals surface area contributed by atoms with Gasteiger partial charge in [0.25, 0.3) is 11.5 Å². The van der Waals surface area contributed by atoms with E-state index in [0.29, 0.717) is 33.7 Å². The van der Waals surface area contributed by atoms with E-state index in [9.17, 15) is 14.4 Å². The molecule has 2 aliphatic rings. The minimum Gasteiger partial charge on any atom is -0.367 e. The molecule has 1 unspecified atom stereocenters. The normalized spacial score (nSPS) is 20.3. The molecule has 0 spiro atoms. The molecule has 0 aromatic carbocycles. The number of carbonyl (C=O) groups is 2. The maximum Gasteiger partial charge on any atom is 0.264 e. The maximum absolute atomic E-state index is 13.0. The largest absolute Gasteiger partial charge is 0.367 e. The summed E-state index contributed by atoms with van der Waals surface area (Å²) in [5.74, 6) is 0.0271. The van der Waals surface area contributed by atoms with Crippen LogP contribution in [0.2, 0.25) is 0 Å². The van der Waals surface area contributed by atoms with E-state index in [1.54, 1.807) is 16.4 Å². The molecule has 4 heterocycles. The molecule has 144 valence electrons. The lowest BCUT2D eigenvalue weighted by atomic mass is 10.1. The summed E-state index contributed by atoms with van der Waals surface area (Å²) in [6.45, 7) is 3.26. The number of aromatic nitrogens is 2. The number of aryl methyl sites for hydroxylation is 2. The molecule has 2 aromatic rings. The van der Waals surface area contributed by atoms with Gasteiger partial charge in [0, 0.05) is 19.5 Å². The van der Waals surface area contributed by atoms with Gasteiger partial charge in [-0.2, -0.15) is 0 Å². The molecule has 2 aliphatic heterocycles. The first-order valence-corrected chi connectivity index (χ1v) is 10.0. The van der Waals surface area contributed by atoms with Crippen LogP contribution in [0, 0.1) is 6.92 Å². The molecule has 27 heavy (non-hydrogen) atoms. The van der Waals surface area contributed by atoms with Crippen LogP contribution in [0.3, 0.4) is 0 Å². The number of amides is 2. The highest BCUT2D eigenvalue weighted by atomic mass is 32.1. The minimum absolute atomic E-state index is 0.0540. The molecule has 0 bridgehead atoms. The van der Waals surface area contributed by atoms with E-state index < -0.39 is 12.0 Å². The first kappa shape index (κ1) is 18.1. The van der Waals surface area contributed by atoms with E-state index in [1.807, 2.05) is 0 Å². The van der Waals surface area contributed by atoms with E-state index in [2.05, 4.69) is 0 Å². The van der Waals surface area contributed by atoms with Crippen molar-refractivity contribution in [1.82, 2.24) is 14.5 Å². The molecule has 8 nitrogen and oxygen atoms in total. The molecular weight excluding hydrogens is 368 g/mol. The van der Waals surface area contributed by atoms with Crippen LogP contribution >= 0.6 is 11.3 Å². The summed E-state index contributed by atoms with van der Waals surface area (Å²) >= 11 is 1.26. The third-order valence-electron chi connectivity index (χ3n) is 5.28. The van der Waals surface area contributed by atoms with Gasteiger partial charge in [-0.25, -0.2) is 4.98 Å². The molecule has 0 radical (unpaired) electrons. The van der Waals surface area contributed by atoms with Crippen LogP contribution in [0.1, 0.15) is 40.3 Å². The lowest BCUT2D eigenvalue weighted by Gasteiger charge is -2.31. The number of carbonyl (C=O) groups excluding carboxylic acids is 2. The van der Waals surface area contributed by atoms with Gasteiger partial charge in [0.1, 0.15) is 10.7 Å². The molecule has 2 aromatic heterocycles. The predicted molar refractivity (Wildman–Crippen MR) is 101 cm³/mol. The van der Waals surface area contributed by atoms with Gasteiger partial charge in [0.2, 0.25) is 5.91 Å². The van der Waals surface area contributed by atoms with Crippen molar-refractivity contribution in [1.29, 1.82) is 0 Å². The summed E-state index contributed by atoms with van der Waals surface area (Å²) in [7, 11) is 0. The average molecular weight is 390 g/mol. The number of hydrogen-bond acceptors (Lipinski definition) is 6. The number of hydrogen-bond donors (Lipinski definition) is 1. The van der Waals surface area contributed by atoms with Crippen molar-refractivity contribution in [2.24, 2.45) is 5.73 Å². The highest BCUT2D eigenvalue weighted by Gasteiger charge is 2.31. The molecule has 9 heteroatoms. The molecule has 1 saturated heterocycles. The van der Waals surface area contributed by atoms with E-state index in [0.717, 1.165) is 31.5 Å². The topological polar surface area (TPSA) is 108 Å². The highest BCUT2D eigenvalue weighted by Crippen LogP contribution is 2.29. The number of rotatable bonds is 2. The van der Waals surface area contributed by atoms with Crippen molar-refractivity contribution >= 4 is 33.4 Å². The number of thiophene rings is 1. The zero-order valence-corrected chi connectivity index (χ0v) is 16.0. The summed E-state index contributed by atoms with van der Waals surface area (Å²) in [6.07, 6.45) is 3.08. The first-order chi connectivity index (χ1) is 13.0. The second-order valence-corrected chi connectivity index (χ2v) is 8.04. The van der Waals surface area contributed by atoms with Crippen LogP contribution in [-0.4, -0.2) is 52.1 Å². The molecular formula is C18H22N4O4S. The zero-order chi connectivity index (χ0) is 19.1. The average Bonchev–Trinajstić information content (AvgIpc) is 2.83. The van der Waals surface area contributed by atoms with E-state index in [4.69, 9.17) is 15.5 Å². The number of primary amides is 1. The number of nitrogens with two attached hydrogens (primary N) is 1. The maximum atomic E-state index is 13.0. The minimum atomic E-state index is -0.794. The van der Waals surface area contributed by atoms with Crippen molar-refractivity contribution < 1.29 is 14.3 Å². The highest BCUT2D eigenvalue weighted by molar-refractivity contribution is 7.20. The van der Waals surface area contributed by atoms with Crippen LogP contribution < -0.4 is 11.3 Å². The van der Waals surface area contributed by atoms with E-state index in [-0.39, 0.29) is 24.6 Å². The molecule has 2 amide bonds. The van der Waals surface area contributed by atoms with Gasteiger partial charge in [0.05, 0.1) is 23.4 Å². The zero-order valence-electron chi connectivity index (χ0n) is 15.2. The van der Waals surface area contributed by atoms with Gasteiger partial charge >= 0.3 is 0 Å². The van der Waals surface area contributed by atoms with Crippen LogP contribution in [0.25, 0.3) is 10.2 Å². The van der Waals surface area contributed by atoms with Crippen molar-refractivity contribution in [3.8, 4) is 0 Å². The Hall–Kier alpha value is -2.26. The molecule has 1 fully saturated rings. The lowest BCUT2D eigenvalue weighted by molar-refractivity contribution is -0.133. The number of nitrogens with zero attached hydrogens (tertiary/aromatic N) is 3. The Bertz CT molecular complexity index is 980. The summed E-state index contributed by atoms with van der Waals surface area (Å²) in [6, 6.07) is 0.